The summed E-state index contributed by atoms with van der Waals surface area (Å²) in [6.45, 7) is 6.54. The number of aliphatic hydroxyl groups excluding tert-OH is 1. The maximum atomic E-state index is 11.4. The van der Waals surface area contributed by atoms with E-state index >= 15 is 0 Å². The molecule has 3 atom stereocenters. The standard InChI is InChI=1S/C13H24O3/c1-13(2,3)10-8-6-5-7-9(10)11(14)12(15)16-4/h9-11,14H,5-8H2,1-4H3. The Bertz CT molecular complexity index is 242. The minimum Gasteiger partial charge on any atom is -0.467 e. The molecule has 0 spiro atoms. The minimum absolute atomic E-state index is 0.0567. The first-order chi connectivity index (χ1) is 7.38. The summed E-state index contributed by atoms with van der Waals surface area (Å²) in [6.07, 6.45) is 3.38. The number of carbonyl (C=O) groups is 1. The number of ether oxygens (including phenoxy) is 1. The van der Waals surface area contributed by atoms with Gasteiger partial charge in [-0.3, -0.25) is 0 Å². The molecule has 1 aliphatic carbocycles. The molecule has 3 unspecified atom stereocenters. The van der Waals surface area contributed by atoms with Crippen LogP contribution in [0.15, 0.2) is 0 Å². The Balaban J connectivity index is 2.78. The first kappa shape index (κ1) is 13.5. The van der Waals surface area contributed by atoms with Gasteiger partial charge in [0.15, 0.2) is 6.10 Å². The van der Waals surface area contributed by atoms with E-state index in [-0.39, 0.29) is 11.3 Å². The largest absolute Gasteiger partial charge is 0.467 e. The molecular formula is C13H24O3. The van der Waals surface area contributed by atoms with Crippen molar-refractivity contribution in [3.05, 3.63) is 0 Å². The summed E-state index contributed by atoms with van der Waals surface area (Å²) in [4.78, 5) is 11.4. The predicted molar refractivity (Wildman–Crippen MR) is 62.9 cm³/mol. The molecule has 0 aromatic heterocycles. The lowest BCUT2D eigenvalue weighted by Crippen LogP contribution is -2.41. The molecular weight excluding hydrogens is 204 g/mol. The number of esters is 1. The van der Waals surface area contributed by atoms with Crippen molar-refractivity contribution in [2.75, 3.05) is 7.11 Å². The van der Waals surface area contributed by atoms with Crippen molar-refractivity contribution in [1.82, 2.24) is 0 Å². The Morgan fingerprint density at radius 1 is 1.31 bits per heavy atom. The van der Waals surface area contributed by atoms with Crippen LogP contribution >= 0.6 is 0 Å². The fourth-order valence-corrected chi connectivity index (χ4v) is 2.91. The number of hydrogen-bond donors (Lipinski definition) is 1. The minimum atomic E-state index is -0.950. The van der Waals surface area contributed by atoms with Gasteiger partial charge in [0, 0.05) is 0 Å². The van der Waals surface area contributed by atoms with E-state index in [4.69, 9.17) is 0 Å². The molecule has 3 nitrogen and oxygen atoms in total. The van der Waals surface area contributed by atoms with E-state index in [2.05, 4.69) is 25.5 Å². The highest BCUT2D eigenvalue weighted by atomic mass is 16.5. The second kappa shape index (κ2) is 5.17. The van der Waals surface area contributed by atoms with Crippen LogP contribution in [0.3, 0.4) is 0 Å². The van der Waals surface area contributed by atoms with Crippen molar-refractivity contribution < 1.29 is 14.6 Å². The average Bonchev–Trinajstić information content (AvgIpc) is 2.26. The second-order valence-electron chi connectivity index (χ2n) is 5.89. The molecule has 3 heteroatoms. The van der Waals surface area contributed by atoms with Crippen molar-refractivity contribution >= 4 is 5.97 Å². The summed E-state index contributed by atoms with van der Waals surface area (Å²) in [5, 5.41) is 10.0. The van der Waals surface area contributed by atoms with Crippen molar-refractivity contribution in [3.8, 4) is 0 Å². The van der Waals surface area contributed by atoms with Gasteiger partial charge in [-0.1, -0.05) is 33.6 Å². The fourth-order valence-electron chi connectivity index (χ4n) is 2.91. The van der Waals surface area contributed by atoms with E-state index in [1.165, 1.54) is 13.5 Å². The molecule has 1 rings (SSSR count). The number of methoxy groups -OCH3 is 1. The molecule has 1 saturated carbocycles. The van der Waals surface area contributed by atoms with Crippen LogP contribution in [0.1, 0.15) is 46.5 Å². The summed E-state index contributed by atoms with van der Waals surface area (Å²) in [5.41, 5.74) is 0.139. The molecule has 0 aliphatic heterocycles. The van der Waals surface area contributed by atoms with E-state index in [9.17, 15) is 9.90 Å². The number of hydrogen-bond acceptors (Lipinski definition) is 3. The summed E-state index contributed by atoms with van der Waals surface area (Å²) in [7, 11) is 1.33. The smallest absolute Gasteiger partial charge is 0.334 e. The van der Waals surface area contributed by atoms with Crippen LogP contribution in [0.25, 0.3) is 0 Å². The van der Waals surface area contributed by atoms with Crippen LogP contribution in [0.4, 0.5) is 0 Å². The van der Waals surface area contributed by atoms with Gasteiger partial charge in [-0.15, -0.1) is 0 Å². The summed E-state index contributed by atoms with van der Waals surface area (Å²) in [5.74, 6) is -0.0299. The average molecular weight is 228 g/mol. The SMILES string of the molecule is COC(=O)C(O)C1CCCCC1C(C)(C)C. The van der Waals surface area contributed by atoms with Gasteiger partial charge in [0.1, 0.15) is 0 Å². The van der Waals surface area contributed by atoms with Crippen LogP contribution in [0.5, 0.6) is 0 Å². The highest BCUT2D eigenvalue weighted by Gasteiger charge is 2.40. The highest BCUT2D eigenvalue weighted by molar-refractivity contribution is 5.74. The fraction of sp³-hybridized carbons (Fsp3) is 0.923. The molecule has 0 bridgehead atoms. The molecule has 1 fully saturated rings. The topological polar surface area (TPSA) is 46.5 Å². The number of aliphatic hydroxyl groups is 1. The van der Waals surface area contributed by atoms with Gasteiger partial charge in [-0.2, -0.15) is 0 Å². The van der Waals surface area contributed by atoms with E-state index in [1.807, 2.05) is 0 Å². The first-order valence-electron chi connectivity index (χ1n) is 6.14. The third-order valence-corrected chi connectivity index (χ3v) is 3.78. The molecule has 16 heavy (non-hydrogen) atoms. The normalized spacial score (nSPS) is 28.6. The van der Waals surface area contributed by atoms with Gasteiger partial charge in [0.2, 0.25) is 0 Å². The van der Waals surface area contributed by atoms with Crippen LogP contribution in [-0.2, 0) is 9.53 Å². The summed E-state index contributed by atoms with van der Waals surface area (Å²) < 4.78 is 4.64. The Hall–Kier alpha value is -0.570. The summed E-state index contributed by atoms with van der Waals surface area (Å²) in [6, 6.07) is 0. The van der Waals surface area contributed by atoms with Crippen LogP contribution < -0.4 is 0 Å². The molecule has 94 valence electrons. The second-order valence-corrected chi connectivity index (χ2v) is 5.89. The van der Waals surface area contributed by atoms with Crippen LogP contribution in [0.2, 0.25) is 0 Å². The maximum absolute atomic E-state index is 11.4. The molecule has 1 N–H and O–H groups in total. The van der Waals surface area contributed by atoms with E-state index in [0.29, 0.717) is 5.92 Å². The number of rotatable bonds is 2. The Morgan fingerprint density at radius 3 is 2.38 bits per heavy atom. The van der Waals surface area contributed by atoms with Gasteiger partial charge in [-0.05, 0) is 30.1 Å². The lowest BCUT2D eigenvalue weighted by molar-refractivity contribution is -0.157. The van der Waals surface area contributed by atoms with E-state index in [1.54, 1.807) is 0 Å². The highest BCUT2D eigenvalue weighted by Crippen LogP contribution is 2.43. The Kier molecular flexibility index (Phi) is 4.36. The first-order valence-corrected chi connectivity index (χ1v) is 6.14. The van der Waals surface area contributed by atoms with Crippen LogP contribution in [-0.4, -0.2) is 24.3 Å². The van der Waals surface area contributed by atoms with Crippen molar-refractivity contribution in [2.45, 2.75) is 52.6 Å². The lowest BCUT2D eigenvalue weighted by atomic mass is 9.65. The summed E-state index contributed by atoms with van der Waals surface area (Å²) >= 11 is 0. The maximum Gasteiger partial charge on any atom is 0.334 e. The Labute approximate surface area is 98.2 Å². The molecule has 0 aromatic carbocycles. The zero-order valence-electron chi connectivity index (χ0n) is 10.8. The van der Waals surface area contributed by atoms with E-state index in [0.717, 1.165) is 19.3 Å². The quantitative estimate of drug-likeness (QED) is 0.738. The zero-order valence-corrected chi connectivity index (χ0v) is 10.8. The molecule has 0 saturated heterocycles. The van der Waals surface area contributed by atoms with Gasteiger partial charge < -0.3 is 9.84 Å². The van der Waals surface area contributed by atoms with Gasteiger partial charge in [-0.25, -0.2) is 4.79 Å². The van der Waals surface area contributed by atoms with E-state index < -0.39 is 12.1 Å². The molecule has 1 aliphatic rings. The molecule has 0 radical (unpaired) electrons. The van der Waals surface area contributed by atoms with Gasteiger partial charge >= 0.3 is 5.97 Å². The van der Waals surface area contributed by atoms with Crippen LogP contribution in [0, 0.1) is 17.3 Å². The lowest BCUT2D eigenvalue weighted by Gasteiger charge is -2.41. The Morgan fingerprint density at radius 2 is 1.88 bits per heavy atom. The molecule has 0 amide bonds. The monoisotopic (exact) mass is 228 g/mol. The van der Waals surface area contributed by atoms with Crippen molar-refractivity contribution in [1.29, 1.82) is 0 Å². The van der Waals surface area contributed by atoms with Crippen molar-refractivity contribution in [2.24, 2.45) is 17.3 Å². The predicted octanol–water partition coefficient (Wildman–Crippen LogP) is 2.37. The van der Waals surface area contributed by atoms with Gasteiger partial charge in [0.05, 0.1) is 7.11 Å². The zero-order chi connectivity index (χ0) is 12.3. The third kappa shape index (κ3) is 2.97. The molecule has 0 aromatic rings. The third-order valence-electron chi connectivity index (χ3n) is 3.78. The molecule has 0 heterocycles. The van der Waals surface area contributed by atoms with Gasteiger partial charge in [0.25, 0.3) is 0 Å². The number of carbonyl (C=O) groups excluding carboxylic acids is 1. The van der Waals surface area contributed by atoms with Crippen molar-refractivity contribution in [3.63, 3.8) is 0 Å².